The number of anilines is 1. The van der Waals surface area contributed by atoms with Gasteiger partial charge in [-0.15, -0.1) is 0 Å². The number of hydrogen-bond acceptors (Lipinski definition) is 5. The Kier molecular flexibility index (Phi) is 7.33. The van der Waals surface area contributed by atoms with Crippen LogP contribution in [0, 0.1) is 0 Å². The summed E-state index contributed by atoms with van der Waals surface area (Å²) in [5.74, 6) is 0.682. The lowest BCUT2D eigenvalue weighted by atomic mass is 10.1. The second-order valence-electron chi connectivity index (χ2n) is 9.34. The second kappa shape index (κ2) is 11.0. The molecule has 0 saturated heterocycles. The van der Waals surface area contributed by atoms with Gasteiger partial charge in [-0.25, -0.2) is 9.67 Å². The zero-order valence-electron chi connectivity index (χ0n) is 22.0. The predicted octanol–water partition coefficient (Wildman–Crippen LogP) is 4.47. The average Bonchev–Trinajstić information content (AvgIpc) is 3.25. The highest BCUT2D eigenvalue weighted by Gasteiger charge is 2.15. The maximum absolute atomic E-state index is 13.2. The number of likely N-dealkylation sites (N-methyl/N-ethyl adjacent to an activating group) is 1. The number of benzene rings is 3. The van der Waals surface area contributed by atoms with Gasteiger partial charge >= 0.3 is 0 Å². The van der Waals surface area contributed by atoms with Crippen LogP contribution in [0.5, 0.6) is 0 Å². The van der Waals surface area contributed by atoms with Gasteiger partial charge in [-0.3, -0.25) is 9.59 Å². The molecule has 0 aliphatic rings. The number of imidazole rings is 1. The lowest BCUT2D eigenvalue weighted by molar-refractivity contribution is -0.117. The molecule has 0 aliphatic carbocycles. The van der Waals surface area contributed by atoms with Gasteiger partial charge in [0.05, 0.1) is 22.1 Å². The van der Waals surface area contributed by atoms with Gasteiger partial charge < -0.3 is 14.8 Å². The number of aryl methyl sites for hydroxylation is 1. The summed E-state index contributed by atoms with van der Waals surface area (Å²) in [6.07, 6.45) is 0.856. The van der Waals surface area contributed by atoms with Crippen LogP contribution in [0.25, 0.3) is 33.1 Å². The van der Waals surface area contributed by atoms with E-state index in [0.29, 0.717) is 16.8 Å². The molecule has 38 heavy (non-hydrogen) atoms. The van der Waals surface area contributed by atoms with Crippen molar-refractivity contribution in [3.8, 4) is 11.3 Å². The first-order valence-corrected chi connectivity index (χ1v) is 13.0. The lowest BCUT2D eigenvalue weighted by Crippen LogP contribution is -2.30. The van der Waals surface area contributed by atoms with E-state index in [0.717, 1.165) is 53.9 Å². The fourth-order valence-corrected chi connectivity index (χ4v) is 4.84. The number of rotatable bonds is 9. The van der Waals surface area contributed by atoms with Gasteiger partial charge in [0.2, 0.25) is 5.91 Å². The third-order valence-corrected chi connectivity index (χ3v) is 7.01. The van der Waals surface area contributed by atoms with Gasteiger partial charge in [-0.05, 0) is 37.4 Å². The number of aromatic nitrogens is 4. The van der Waals surface area contributed by atoms with Crippen molar-refractivity contribution in [2.24, 2.45) is 7.05 Å². The van der Waals surface area contributed by atoms with Crippen molar-refractivity contribution in [1.29, 1.82) is 0 Å². The number of amides is 1. The van der Waals surface area contributed by atoms with Gasteiger partial charge in [0, 0.05) is 36.7 Å². The molecule has 0 unspecified atom stereocenters. The minimum absolute atomic E-state index is 0.196. The first-order valence-electron chi connectivity index (χ1n) is 13.0. The van der Waals surface area contributed by atoms with E-state index in [4.69, 9.17) is 4.98 Å². The first kappa shape index (κ1) is 25.4. The molecule has 0 aliphatic heterocycles. The van der Waals surface area contributed by atoms with E-state index in [1.54, 1.807) is 6.07 Å². The van der Waals surface area contributed by atoms with Crippen molar-refractivity contribution in [2.75, 3.05) is 25.0 Å². The van der Waals surface area contributed by atoms with Gasteiger partial charge in [0.15, 0.2) is 0 Å². The molecule has 3 aromatic carbocycles. The van der Waals surface area contributed by atoms with Crippen LogP contribution in [0.3, 0.4) is 0 Å². The summed E-state index contributed by atoms with van der Waals surface area (Å²) >= 11 is 0. The first-order chi connectivity index (χ1) is 18.5. The Bertz CT molecular complexity index is 1650. The normalized spacial score (nSPS) is 11.5. The fraction of sp³-hybridized carbons (Fsp3) is 0.267. The Hall–Kier alpha value is -4.30. The Morgan fingerprint density at radius 2 is 1.66 bits per heavy atom. The van der Waals surface area contributed by atoms with Crippen molar-refractivity contribution >= 4 is 33.4 Å². The van der Waals surface area contributed by atoms with Crippen molar-refractivity contribution in [3.05, 3.63) is 89.0 Å². The van der Waals surface area contributed by atoms with E-state index in [1.807, 2.05) is 73.8 Å². The van der Waals surface area contributed by atoms with E-state index in [9.17, 15) is 9.59 Å². The fourth-order valence-electron chi connectivity index (χ4n) is 4.84. The number of carbonyl (C=O) groups excluding carboxylic acids is 1. The van der Waals surface area contributed by atoms with E-state index >= 15 is 0 Å². The molecule has 194 valence electrons. The number of fused-ring (bicyclic) bond motifs is 2. The van der Waals surface area contributed by atoms with E-state index < -0.39 is 0 Å². The Balaban J connectivity index is 1.38. The maximum atomic E-state index is 13.2. The highest BCUT2D eigenvalue weighted by molar-refractivity contribution is 5.95. The highest BCUT2D eigenvalue weighted by Crippen LogP contribution is 2.24. The monoisotopic (exact) mass is 508 g/mol. The molecule has 0 saturated carbocycles. The summed E-state index contributed by atoms with van der Waals surface area (Å²) in [7, 11) is 2.02. The van der Waals surface area contributed by atoms with E-state index in [-0.39, 0.29) is 18.0 Å². The number of nitrogens with zero attached hydrogens (tertiary/aromatic N) is 5. The summed E-state index contributed by atoms with van der Waals surface area (Å²) in [4.78, 5) is 33.4. The molecular formula is C30H32N6O2. The molecule has 1 N–H and O–H groups in total. The smallest absolute Gasteiger partial charge is 0.275 e. The van der Waals surface area contributed by atoms with Crippen LogP contribution < -0.4 is 10.9 Å². The molecule has 0 bridgehead atoms. The van der Waals surface area contributed by atoms with Crippen LogP contribution in [0.4, 0.5) is 5.69 Å². The molecule has 8 nitrogen and oxygen atoms in total. The molecule has 5 rings (SSSR count). The van der Waals surface area contributed by atoms with Gasteiger partial charge in [0.25, 0.3) is 5.56 Å². The van der Waals surface area contributed by atoms with Crippen LogP contribution in [0.15, 0.2) is 77.6 Å². The third-order valence-electron chi connectivity index (χ3n) is 7.01. The molecule has 2 heterocycles. The Morgan fingerprint density at radius 1 is 0.947 bits per heavy atom. The Morgan fingerprint density at radius 3 is 2.39 bits per heavy atom. The molecule has 0 fully saturated rings. The minimum atomic E-state index is -0.328. The van der Waals surface area contributed by atoms with Crippen LogP contribution >= 0.6 is 0 Å². The Labute approximate surface area is 221 Å². The molecular weight excluding hydrogens is 476 g/mol. The largest absolute Gasteiger partial charge is 0.331 e. The van der Waals surface area contributed by atoms with Crippen LogP contribution in [0.1, 0.15) is 19.7 Å². The van der Waals surface area contributed by atoms with E-state index in [2.05, 4.69) is 33.7 Å². The van der Waals surface area contributed by atoms with Crippen LogP contribution in [-0.4, -0.2) is 49.8 Å². The maximum Gasteiger partial charge on any atom is 0.275 e. The number of hydrogen-bond donors (Lipinski definition) is 1. The number of nitrogens with one attached hydrogen (secondary N) is 1. The molecule has 8 heteroatoms. The minimum Gasteiger partial charge on any atom is -0.331 e. The summed E-state index contributed by atoms with van der Waals surface area (Å²) in [5, 5.41) is 8.80. The van der Waals surface area contributed by atoms with Crippen LogP contribution in [0.2, 0.25) is 0 Å². The number of carbonyl (C=O) groups is 1. The molecule has 0 radical (unpaired) electrons. The van der Waals surface area contributed by atoms with Crippen molar-refractivity contribution in [1.82, 2.24) is 24.2 Å². The van der Waals surface area contributed by atoms with Gasteiger partial charge in [-0.2, -0.15) is 5.10 Å². The highest BCUT2D eigenvalue weighted by atomic mass is 16.2. The zero-order valence-corrected chi connectivity index (χ0v) is 22.0. The summed E-state index contributed by atoms with van der Waals surface area (Å²) in [5.41, 5.74) is 3.72. The van der Waals surface area contributed by atoms with Crippen molar-refractivity contribution < 1.29 is 4.79 Å². The average molecular weight is 509 g/mol. The predicted molar refractivity (Wildman–Crippen MR) is 152 cm³/mol. The van der Waals surface area contributed by atoms with E-state index in [1.165, 1.54) is 4.68 Å². The quantitative estimate of drug-likeness (QED) is 0.318. The van der Waals surface area contributed by atoms with Gasteiger partial charge in [0.1, 0.15) is 12.4 Å². The van der Waals surface area contributed by atoms with Crippen molar-refractivity contribution in [2.45, 2.75) is 26.8 Å². The second-order valence-corrected chi connectivity index (χ2v) is 9.34. The van der Waals surface area contributed by atoms with Crippen molar-refractivity contribution in [3.63, 3.8) is 0 Å². The molecule has 0 atom stereocenters. The zero-order chi connectivity index (χ0) is 26.6. The summed E-state index contributed by atoms with van der Waals surface area (Å²) in [6, 6.07) is 22.7. The molecule has 2 aromatic heterocycles. The molecule has 5 aromatic rings. The topological polar surface area (TPSA) is 85.1 Å². The van der Waals surface area contributed by atoms with Crippen LogP contribution in [-0.2, 0) is 24.8 Å². The summed E-state index contributed by atoms with van der Waals surface area (Å²) < 4.78 is 3.35. The SMILES string of the molecule is CCN(CC)CCc1nc2cc(NC(=O)Cn3nc(-c4ccccc4)c4ccccc4c3=O)ccc2n1C. The lowest BCUT2D eigenvalue weighted by Gasteiger charge is -2.17. The van der Waals surface area contributed by atoms with Gasteiger partial charge in [-0.1, -0.05) is 62.4 Å². The summed E-state index contributed by atoms with van der Waals surface area (Å²) in [6.45, 7) is 7.11. The third kappa shape index (κ3) is 5.08. The molecule has 0 spiro atoms. The molecule has 1 amide bonds. The standard InChI is InChI=1S/C30H32N6O2/c1-4-35(5-2)18-17-27-32-25-19-22(15-16-26(25)34(27)3)31-28(37)20-36-30(38)24-14-10-9-13-23(24)29(33-36)21-11-7-6-8-12-21/h6-16,19H,4-5,17-18,20H2,1-3H3,(H,31,37).